The van der Waals surface area contributed by atoms with Gasteiger partial charge < -0.3 is 14.8 Å². The lowest BCUT2D eigenvalue weighted by molar-refractivity contribution is 0.171. The first-order valence-corrected chi connectivity index (χ1v) is 7.71. The molecule has 1 aliphatic heterocycles. The second-order valence-electron chi connectivity index (χ2n) is 5.11. The zero-order chi connectivity index (χ0) is 13.8. The van der Waals surface area contributed by atoms with Crippen LogP contribution >= 0.6 is 15.9 Å². The van der Waals surface area contributed by atoms with Crippen molar-refractivity contribution in [3.63, 3.8) is 0 Å². The molecule has 0 radical (unpaired) electrons. The van der Waals surface area contributed by atoms with Crippen LogP contribution in [-0.2, 0) is 0 Å². The van der Waals surface area contributed by atoms with Crippen LogP contribution in [0.15, 0.2) is 16.6 Å². The summed E-state index contributed by atoms with van der Waals surface area (Å²) in [6, 6.07) is 4.45. The summed E-state index contributed by atoms with van der Waals surface area (Å²) >= 11 is 3.65. The minimum absolute atomic E-state index is 0.333. The van der Waals surface area contributed by atoms with Crippen molar-refractivity contribution in [3.05, 3.63) is 22.2 Å². The maximum Gasteiger partial charge on any atom is 0.162 e. The van der Waals surface area contributed by atoms with Gasteiger partial charge in [-0.15, -0.1) is 0 Å². The number of halogens is 1. The highest BCUT2D eigenvalue weighted by atomic mass is 79.9. The molecule has 0 amide bonds. The summed E-state index contributed by atoms with van der Waals surface area (Å²) in [6.45, 7) is 5.78. The van der Waals surface area contributed by atoms with Crippen LogP contribution in [-0.4, -0.2) is 20.3 Å². The molecular weight excluding hydrogens is 306 g/mol. The van der Waals surface area contributed by atoms with E-state index in [9.17, 15) is 0 Å². The van der Waals surface area contributed by atoms with E-state index < -0.39 is 0 Å². The molecule has 1 aromatic carbocycles. The molecule has 1 N–H and O–H groups in total. The third-order valence-corrected chi connectivity index (χ3v) is 4.41. The van der Waals surface area contributed by atoms with Gasteiger partial charge in [0.05, 0.1) is 0 Å². The van der Waals surface area contributed by atoms with E-state index in [0.717, 1.165) is 22.4 Å². The molecule has 0 bridgehead atoms. The predicted octanol–water partition coefficient (Wildman–Crippen LogP) is 3.92. The summed E-state index contributed by atoms with van der Waals surface area (Å²) in [5, 5.41) is 3.40. The molecule has 0 aliphatic carbocycles. The Labute approximate surface area is 123 Å². The largest absolute Gasteiger partial charge is 0.486 e. The van der Waals surface area contributed by atoms with Gasteiger partial charge in [0, 0.05) is 10.5 Å². The van der Waals surface area contributed by atoms with E-state index in [2.05, 4.69) is 41.2 Å². The molecule has 0 saturated carbocycles. The highest BCUT2D eigenvalue weighted by Crippen LogP contribution is 2.39. The smallest absolute Gasteiger partial charge is 0.162 e. The van der Waals surface area contributed by atoms with Gasteiger partial charge in [0.15, 0.2) is 11.5 Å². The van der Waals surface area contributed by atoms with Gasteiger partial charge >= 0.3 is 0 Å². The SMILES string of the molecule is CCC(C)CC(NC)c1cc2c(cc1Br)OCCO2. The molecular formula is C15H22BrNO2. The van der Waals surface area contributed by atoms with Gasteiger partial charge in [-0.1, -0.05) is 36.2 Å². The molecule has 1 aliphatic rings. The molecule has 19 heavy (non-hydrogen) atoms. The first-order valence-electron chi connectivity index (χ1n) is 6.92. The summed E-state index contributed by atoms with van der Waals surface area (Å²) in [5.41, 5.74) is 1.24. The van der Waals surface area contributed by atoms with Gasteiger partial charge in [-0.05, 0) is 37.1 Å². The topological polar surface area (TPSA) is 30.5 Å². The van der Waals surface area contributed by atoms with Crippen LogP contribution in [0.4, 0.5) is 0 Å². The van der Waals surface area contributed by atoms with E-state index in [0.29, 0.717) is 25.2 Å². The second kappa shape index (κ2) is 6.62. The minimum atomic E-state index is 0.333. The molecule has 0 fully saturated rings. The number of hydrogen-bond acceptors (Lipinski definition) is 3. The molecule has 1 aromatic rings. The minimum Gasteiger partial charge on any atom is -0.486 e. The Hall–Kier alpha value is -0.740. The Kier molecular flexibility index (Phi) is 5.11. The van der Waals surface area contributed by atoms with Crippen molar-refractivity contribution in [2.75, 3.05) is 20.3 Å². The van der Waals surface area contributed by atoms with Gasteiger partial charge in [-0.25, -0.2) is 0 Å². The van der Waals surface area contributed by atoms with E-state index in [1.807, 2.05) is 13.1 Å². The lowest BCUT2D eigenvalue weighted by atomic mass is 9.94. The van der Waals surface area contributed by atoms with Gasteiger partial charge in [-0.2, -0.15) is 0 Å². The Balaban J connectivity index is 2.26. The average molecular weight is 328 g/mol. The summed E-state index contributed by atoms with van der Waals surface area (Å²) in [4.78, 5) is 0. The molecule has 0 spiro atoms. The Morgan fingerprint density at radius 1 is 1.26 bits per heavy atom. The van der Waals surface area contributed by atoms with Crippen molar-refractivity contribution in [3.8, 4) is 11.5 Å². The Morgan fingerprint density at radius 3 is 2.47 bits per heavy atom. The van der Waals surface area contributed by atoms with E-state index in [1.165, 1.54) is 12.0 Å². The zero-order valence-electron chi connectivity index (χ0n) is 11.8. The summed E-state index contributed by atoms with van der Waals surface area (Å²) < 4.78 is 12.4. The van der Waals surface area contributed by atoms with Crippen molar-refractivity contribution in [1.82, 2.24) is 5.32 Å². The van der Waals surface area contributed by atoms with Crippen LogP contribution in [0.3, 0.4) is 0 Å². The number of hydrogen-bond donors (Lipinski definition) is 1. The number of rotatable bonds is 5. The normalized spacial score (nSPS) is 17.1. The predicted molar refractivity (Wildman–Crippen MR) is 81.0 cm³/mol. The van der Waals surface area contributed by atoms with Gasteiger partial charge in [0.1, 0.15) is 13.2 Å². The molecule has 2 unspecified atom stereocenters. The fraction of sp³-hybridized carbons (Fsp3) is 0.600. The standard InChI is InChI=1S/C15H22BrNO2/c1-4-10(2)7-13(17-3)11-8-14-15(9-12(11)16)19-6-5-18-14/h8-10,13,17H,4-7H2,1-3H3. The second-order valence-corrected chi connectivity index (χ2v) is 5.96. The maximum absolute atomic E-state index is 5.67. The van der Waals surface area contributed by atoms with E-state index in [-0.39, 0.29) is 0 Å². The highest BCUT2D eigenvalue weighted by molar-refractivity contribution is 9.10. The maximum atomic E-state index is 5.67. The Morgan fingerprint density at radius 2 is 1.89 bits per heavy atom. The van der Waals surface area contributed by atoms with Gasteiger partial charge in [-0.3, -0.25) is 0 Å². The molecule has 106 valence electrons. The van der Waals surface area contributed by atoms with Crippen LogP contribution in [0.25, 0.3) is 0 Å². The average Bonchev–Trinajstić information content (AvgIpc) is 2.44. The summed E-state index contributed by atoms with van der Waals surface area (Å²) in [6.07, 6.45) is 2.31. The first-order chi connectivity index (χ1) is 9.15. The van der Waals surface area contributed by atoms with Crippen molar-refractivity contribution >= 4 is 15.9 Å². The van der Waals surface area contributed by atoms with Crippen molar-refractivity contribution in [2.24, 2.45) is 5.92 Å². The monoisotopic (exact) mass is 327 g/mol. The van der Waals surface area contributed by atoms with Gasteiger partial charge in [0.25, 0.3) is 0 Å². The number of ether oxygens (including phenoxy) is 2. The molecule has 0 aromatic heterocycles. The highest BCUT2D eigenvalue weighted by Gasteiger charge is 2.20. The lowest BCUT2D eigenvalue weighted by Gasteiger charge is -2.25. The third kappa shape index (κ3) is 3.42. The van der Waals surface area contributed by atoms with Crippen LogP contribution < -0.4 is 14.8 Å². The van der Waals surface area contributed by atoms with Crippen LogP contribution in [0.1, 0.15) is 38.3 Å². The van der Waals surface area contributed by atoms with Crippen LogP contribution in [0.2, 0.25) is 0 Å². The Bertz CT molecular complexity index is 436. The zero-order valence-corrected chi connectivity index (χ0v) is 13.4. The van der Waals surface area contributed by atoms with Crippen molar-refractivity contribution < 1.29 is 9.47 Å². The first kappa shape index (κ1) is 14.7. The molecule has 4 heteroatoms. The molecule has 2 rings (SSSR count). The fourth-order valence-corrected chi connectivity index (χ4v) is 2.91. The summed E-state index contributed by atoms with van der Waals surface area (Å²) in [5.74, 6) is 2.38. The van der Waals surface area contributed by atoms with E-state index in [1.54, 1.807) is 0 Å². The van der Waals surface area contributed by atoms with Gasteiger partial charge in [0.2, 0.25) is 0 Å². The molecule has 3 nitrogen and oxygen atoms in total. The third-order valence-electron chi connectivity index (χ3n) is 3.72. The van der Waals surface area contributed by atoms with Crippen molar-refractivity contribution in [2.45, 2.75) is 32.7 Å². The summed E-state index contributed by atoms with van der Waals surface area (Å²) in [7, 11) is 2.01. The van der Waals surface area contributed by atoms with Crippen LogP contribution in [0.5, 0.6) is 11.5 Å². The molecule has 1 heterocycles. The fourth-order valence-electron chi connectivity index (χ4n) is 2.32. The molecule has 0 saturated heterocycles. The quantitative estimate of drug-likeness (QED) is 0.889. The molecule has 2 atom stereocenters. The lowest BCUT2D eigenvalue weighted by Crippen LogP contribution is -2.21. The van der Waals surface area contributed by atoms with E-state index in [4.69, 9.17) is 9.47 Å². The number of benzene rings is 1. The van der Waals surface area contributed by atoms with E-state index >= 15 is 0 Å². The van der Waals surface area contributed by atoms with Crippen LogP contribution in [0, 0.1) is 5.92 Å². The van der Waals surface area contributed by atoms with Crippen molar-refractivity contribution in [1.29, 1.82) is 0 Å². The number of fused-ring (bicyclic) bond motifs is 1. The number of nitrogens with one attached hydrogen (secondary N) is 1.